The number of nitrogens with zero attached hydrogens (tertiary/aromatic N) is 1. The van der Waals surface area contributed by atoms with Crippen LogP contribution in [0.2, 0.25) is 0 Å². The largest absolute Gasteiger partial charge is 0.494 e. The predicted octanol–water partition coefficient (Wildman–Crippen LogP) is 4.07. The Morgan fingerprint density at radius 3 is 2.62 bits per heavy atom. The van der Waals surface area contributed by atoms with Crippen LogP contribution >= 0.6 is 12.2 Å². The Labute approximate surface area is 157 Å². The summed E-state index contributed by atoms with van der Waals surface area (Å²) in [5.41, 5.74) is 3.12. The van der Waals surface area contributed by atoms with Gasteiger partial charge in [0.15, 0.2) is 5.11 Å². The molecule has 0 bridgehead atoms. The van der Waals surface area contributed by atoms with Crippen LogP contribution in [0.25, 0.3) is 10.9 Å². The van der Waals surface area contributed by atoms with E-state index < -0.39 is 0 Å². The molecule has 0 radical (unpaired) electrons. The number of pyridine rings is 1. The maximum atomic E-state index is 12.3. The summed E-state index contributed by atoms with van der Waals surface area (Å²) in [5, 5.41) is 6.94. The standard InChI is InChI=1S/C20H19N3O2S/c1-3-25-15-10-8-14(9-11-15)19(24)23-20(26)22-18-6-4-5-17-16(18)12-7-13(2)21-17/h4-12H,3H2,1-2H3,(H2,22,23,24,26). The lowest BCUT2D eigenvalue weighted by Crippen LogP contribution is -2.34. The van der Waals surface area contributed by atoms with Crippen LogP contribution in [0.1, 0.15) is 23.0 Å². The summed E-state index contributed by atoms with van der Waals surface area (Å²) >= 11 is 5.28. The van der Waals surface area contributed by atoms with Crippen LogP contribution in [-0.4, -0.2) is 22.6 Å². The molecule has 5 nitrogen and oxygen atoms in total. The topological polar surface area (TPSA) is 63.2 Å². The van der Waals surface area contributed by atoms with Crippen molar-refractivity contribution in [3.8, 4) is 5.75 Å². The maximum Gasteiger partial charge on any atom is 0.257 e. The number of rotatable bonds is 4. The molecule has 3 aromatic rings. The lowest BCUT2D eigenvalue weighted by molar-refractivity contribution is 0.0977. The normalized spacial score (nSPS) is 10.4. The fraction of sp³-hybridized carbons (Fsp3) is 0.150. The molecule has 26 heavy (non-hydrogen) atoms. The van der Waals surface area contributed by atoms with Gasteiger partial charge in [-0.1, -0.05) is 6.07 Å². The van der Waals surface area contributed by atoms with Crippen LogP contribution in [0.5, 0.6) is 5.75 Å². The summed E-state index contributed by atoms with van der Waals surface area (Å²) in [7, 11) is 0. The first-order chi connectivity index (χ1) is 12.6. The number of nitrogens with one attached hydrogen (secondary N) is 2. The highest BCUT2D eigenvalue weighted by Crippen LogP contribution is 2.22. The fourth-order valence-electron chi connectivity index (χ4n) is 2.56. The number of benzene rings is 2. The highest BCUT2D eigenvalue weighted by molar-refractivity contribution is 7.80. The Bertz CT molecular complexity index is 955. The van der Waals surface area contributed by atoms with Crippen LogP contribution in [0, 0.1) is 6.92 Å². The number of carbonyl (C=O) groups is 1. The van der Waals surface area contributed by atoms with E-state index in [1.807, 2.05) is 44.2 Å². The molecule has 0 spiro atoms. The van der Waals surface area contributed by atoms with E-state index in [4.69, 9.17) is 17.0 Å². The van der Waals surface area contributed by atoms with Gasteiger partial charge in [0.05, 0.1) is 12.1 Å². The number of anilines is 1. The molecule has 132 valence electrons. The van der Waals surface area contributed by atoms with E-state index in [9.17, 15) is 4.79 Å². The van der Waals surface area contributed by atoms with E-state index in [-0.39, 0.29) is 11.0 Å². The van der Waals surface area contributed by atoms with Gasteiger partial charge in [-0.15, -0.1) is 0 Å². The monoisotopic (exact) mass is 365 g/mol. The highest BCUT2D eigenvalue weighted by atomic mass is 32.1. The molecule has 0 atom stereocenters. The summed E-state index contributed by atoms with van der Waals surface area (Å²) in [6.07, 6.45) is 0. The van der Waals surface area contributed by atoms with E-state index >= 15 is 0 Å². The lowest BCUT2D eigenvalue weighted by atomic mass is 10.1. The summed E-state index contributed by atoms with van der Waals surface area (Å²) in [5.74, 6) is 0.447. The van der Waals surface area contributed by atoms with E-state index in [2.05, 4.69) is 15.6 Å². The molecule has 0 aliphatic heterocycles. The van der Waals surface area contributed by atoms with Crippen molar-refractivity contribution in [2.24, 2.45) is 0 Å². The minimum absolute atomic E-state index is 0.233. The Hall–Kier alpha value is -2.99. The molecule has 0 fully saturated rings. The van der Waals surface area contributed by atoms with Gasteiger partial charge in [0, 0.05) is 22.3 Å². The van der Waals surface area contributed by atoms with Crippen molar-refractivity contribution >= 4 is 39.8 Å². The molecule has 6 heteroatoms. The number of thiocarbonyl (C=S) groups is 1. The van der Waals surface area contributed by atoms with Gasteiger partial charge in [-0.25, -0.2) is 0 Å². The van der Waals surface area contributed by atoms with Crippen molar-refractivity contribution < 1.29 is 9.53 Å². The van der Waals surface area contributed by atoms with Gasteiger partial charge in [0.1, 0.15) is 5.75 Å². The van der Waals surface area contributed by atoms with Crippen molar-refractivity contribution in [3.05, 3.63) is 65.9 Å². The maximum absolute atomic E-state index is 12.3. The molecule has 1 amide bonds. The van der Waals surface area contributed by atoms with E-state index in [1.54, 1.807) is 24.3 Å². The van der Waals surface area contributed by atoms with Crippen LogP contribution in [0.15, 0.2) is 54.6 Å². The van der Waals surface area contributed by atoms with Gasteiger partial charge >= 0.3 is 0 Å². The van der Waals surface area contributed by atoms with Gasteiger partial charge in [-0.05, 0) is 74.6 Å². The molecule has 0 aliphatic rings. The summed E-state index contributed by atoms with van der Waals surface area (Å²) in [6.45, 7) is 4.44. The van der Waals surface area contributed by atoms with E-state index in [0.29, 0.717) is 12.2 Å². The average molecular weight is 365 g/mol. The van der Waals surface area contributed by atoms with Crippen LogP contribution in [0.4, 0.5) is 5.69 Å². The zero-order valence-electron chi connectivity index (χ0n) is 14.6. The van der Waals surface area contributed by atoms with Gasteiger partial charge in [0.25, 0.3) is 5.91 Å². The summed E-state index contributed by atoms with van der Waals surface area (Å²) < 4.78 is 5.37. The number of hydrogen-bond acceptors (Lipinski definition) is 4. The molecule has 3 rings (SSSR count). The SMILES string of the molecule is CCOc1ccc(C(=O)NC(=S)Nc2cccc3nc(C)ccc23)cc1. The smallest absolute Gasteiger partial charge is 0.257 e. The minimum atomic E-state index is -0.278. The molecule has 0 unspecified atom stereocenters. The second-order valence-electron chi connectivity index (χ2n) is 5.69. The molecule has 0 saturated heterocycles. The highest BCUT2D eigenvalue weighted by Gasteiger charge is 2.10. The number of aryl methyl sites for hydroxylation is 1. The molecule has 0 saturated carbocycles. The Morgan fingerprint density at radius 1 is 1.12 bits per heavy atom. The summed E-state index contributed by atoms with van der Waals surface area (Å²) in [6, 6.07) is 16.6. The van der Waals surface area contributed by atoms with Crippen LogP contribution in [-0.2, 0) is 0 Å². The Kier molecular flexibility index (Phi) is 5.43. The van der Waals surface area contributed by atoms with Crippen molar-refractivity contribution in [2.75, 3.05) is 11.9 Å². The molecule has 0 aliphatic carbocycles. The van der Waals surface area contributed by atoms with E-state index in [0.717, 1.165) is 28.0 Å². The minimum Gasteiger partial charge on any atom is -0.494 e. The number of aromatic nitrogens is 1. The zero-order valence-corrected chi connectivity index (χ0v) is 15.4. The first-order valence-electron chi connectivity index (χ1n) is 8.28. The van der Waals surface area contributed by atoms with Gasteiger partial charge in [0.2, 0.25) is 0 Å². The van der Waals surface area contributed by atoms with Crippen molar-refractivity contribution in [3.63, 3.8) is 0 Å². The second kappa shape index (κ2) is 7.93. The molecule has 1 heterocycles. The number of carbonyl (C=O) groups excluding carboxylic acids is 1. The number of ether oxygens (including phenoxy) is 1. The number of hydrogen-bond donors (Lipinski definition) is 2. The quantitative estimate of drug-likeness (QED) is 0.683. The van der Waals surface area contributed by atoms with Crippen molar-refractivity contribution in [1.82, 2.24) is 10.3 Å². The zero-order chi connectivity index (χ0) is 18.5. The lowest BCUT2D eigenvalue weighted by Gasteiger charge is -2.12. The second-order valence-corrected chi connectivity index (χ2v) is 6.10. The molecule has 2 N–H and O–H groups in total. The number of amides is 1. The average Bonchev–Trinajstić information content (AvgIpc) is 2.62. The summed E-state index contributed by atoms with van der Waals surface area (Å²) in [4.78, 5) is 16.8. The Morgan fingerprint density at radius 2 is 1.88 bits per heavy atom. The predicted molar refractivity (Wildman–Crippen MR) is 108 cm³/mol. The molecule has 2 aromatic carbocycles. The molecular weight excluding hydrogens is 346 g/mol. The third kappa shape index (κ3) is 4.15. The molecular formula is C20H19N3O2S. The van der Waals surface area contributed by atoms with Gasteiger partial charge < -0.3 is 10.1 Å². The first-order valence-corrected chi connectivity index (χ1v) is 8.69. The van der Waals surface area contributed by atoms with E-state index in [1.165, 1.54) is 0 Å². The van der Waals surface area contributed by atoms with Crippen LogP contribution < -0.4 is 15.4 Å². The number of fused-ring (bicyclic) bond motifs is 1. The first kappa shape index (κ1) is 17.8. The molecule has 1 aromatic heterocycles. The van der Waals surface area contributed by atoms with Crippen molar-refractivity contribution in [2.45, 2.75) is 13.8 Å². The third-order valence-corrected chi connectivity index (χ3v) is 3.98. The van der Waals surface area contributed by atoms with Gasteiger partial charge in [-0.3, -0.25) is 15.1 Å². The van der Waals surface area contributed by atoms with Crippen LogP contribution in [0.3, 0.4) is 0 Å². The van der Waals surface area contributed by atoms with Gasteiger partial charge in [-0.2, -0.15) is 0 Å². The Balaban J connectivity index is 1.70. The fourth-order valence-corrected chi connectivity index (χ4v) is 2.77. The van der Waals surface area contributed by atoms with Crippen molar-refractivity contribution in [1.29, 1.82) is 0 Å². The third-order valence-electron chi connectivity index (χ3n) is 3.77.